The number of anilines is 1. The Morgan fingerprint density at radius 3 is 2.65 bits per heavy atom. The van der Waals surface area contributed by atoms with E-state index < -0.39 is 11.7 Å². The van der Waals surface area contributed by atoms with Crippen molar-refractivity contribution in [2.75, 3.05) is 11.4 Å². The molecule has 0 radical (unpaired) electrons. The van der Waals surface area contributed by atoms with Crippen molar-refractivity contribution in [3.05, 3.63) is 53.0 Å². The lowest BCUT2D eigenvalue weighted by molar-refractivity contribution is -0.138. The second kappa shape index (κ2) is 5.83. The molecule has 3 heterocycles. The van der Waals surface area contributed by atoms with Crippen molar-refractivity contribution in [1.29, 1.82) is 0 Å². The number of hydrogen-bond donors (Lipinski definition) is 0. The van der Waals surface area contributed by atoms with E-state index in [0.717, 1.165) is 24.6 Å². The van der Waals surface area contributed by atoms with E-state index in [1.807, 2.05) is 23.1 Å². The van der Waals surface area contributed by atoms with Crippen LogP contribution in [0.5, 0.6) is 0 Å². The molecule has 1 aliphatic heterocycles. The number of hydrogen-bond acceptors (Lipinski definition) is 3. The largest absolute Gasteiger partial charge is 0.416 e. The summed E-state index contributed by atoms with van der Waals surface area (Å²) in [6.45, 7) is 3.79. The number of aryl methyl sites for hydroxylation is 1. The highest BCUT2D eigenvalue weighted by molar-refractivity contribution is 5.54. The van der Waals surface area contributed by atoms with E-state index in [0.29, 0.717) is 18.1 Å². The van der Waals surface area contributed by atoms with Crippen LogP contribution in [0.4, 0.5) is 19.0 Å². The molecule has 1 aliphatic rings. The minimum absolute atomic E-state index is 0.0229. The van der Waals surface area contributed by atoms with E-state index in [4.69, 9.17) is 0 Å². The highest BCUT2D eigenvalue weighted by atomic mass is 19.4. The molecular formula is C17H18F3N3. The molecule has 122 valence electrons. The SMILES string of the molecule is Cc1cc(C(F)(F)F)c(C)c(N2CCCC2c2ccccn2)n1. The Labute approximate surface area is 133 Å². The van der Waals surface area contributed by atoms with Crippen molar-refractivity contribution in [3.8, 4) is 0 Å². The molecule has 23 heavy (non-hydrogen) atoms. The van der Waals surface area contributed by atoms with Gasteiger partial charge in [-0.25, -0.2) is 4.98 Å². The van der Waals surface area contributed by atoms with Crippen LogP contribution >= 0.6 is 0 Å². The van der Waals surface area contributed by atoms with E-state index in [-0.39, 0.29) is 11.6 Å². The third-order valence-electron chi connectivity index (χ3n) is 4.23. The molecule has 0 saturated carbocycles. The first-order valence-electron chi connectivity index (χ1n) is 7.61. The first kappa shape index (κ1) is 15.8. The van der Waals surface area contributed by atoms with Crippen LogP contribution in [0.15, 0.2) is 30.5 Å². The summed E-state index contributed by atoms with van der Waals surface area (Å²) < 4.78 is 39.8. The Balaban J connectivity index is 2.06. The third kappa shape index (κ3) is 3.02. The zero-order valence-corrected chi connectivity index (χ0v) is 13.1. The summed E-state index contributed by atoms with van der Waals surface area (Å²) in [5.74, 6) is 0.422. The van der Waals surface area contributed by atoms with Gasteiger partial charge in [0.15, 0.2) is 0 Å². The smallest absolute Gasteiger partial charge is 0.348 e. The zero-order chi connectivity index (χ0) is 16.6. The van der Waals surface area contributed by atoms with Crippen molar-refractivity contribution >= 4 is 5.82 Å². The molecule has 0 spiro atoms. The molecule has 1 unspecified atom stereocenters. The number of rotatable bonds is 2. The molecule has 0 aromatic carbocycles. The second-order valence-corrected chi connectivity index (χ2v) is 5.86. The van der Waals surface area contributed by atoms with Crippen molar-refractivity contribution in [1.82, 2.24) is 9.97 Å². The lowest BCUT2D eigenvalue weighted by Gasteiger charge is -2.28. The predicted molar refractivity (Wildman–Crippen MR) is 82.3 cm³/mol. The fourth-order valence-electron chi connectivity index (χ4n) is 3.20. The van der Waals surface area contributed by atoms with Gasteiger partial charge in [0.25, 0.3) is 0 Å². The summed E-state index contributed by atoms with van der Waals surface area (Å²) in [5, 5.41) is 0. The summed E-state index contributed by atoms with van der Waals surface area (Å²) in [5.41, 5.74) is 0.837. The quantitative estimate of drug-likeness (QED) is 0.818. The monoisotopic (exact) mass is 321 g/mol. The highest BCUT2D eigenvalue weighted by Gasteiger charge is 2.36. The maximum Gasteiger partial charge on any atom is 0.416 e. The van der Waals surface area contributed by atoms with Crippen LogP contribution < -0.4 is 4.90 Å². The topological polar surface area (TPSA) is 29.0 Å². The molecule has 0 N–H and O–H groups in total. The lowest BCUT2D eigenvalue weighted by Crippen LogP contribution is -2.26. The summed E-state index contributed by atoms with van der Waals surface area (Å²) in [4.78, 5) is 10.7. The normalized spacial score (nSPS) is 18.5. The van der Waals surface area contributed by atoms with E-state index in [2.05, 4.69) is 9.97 Å². The van der Waals surface area contributed by atoms with Crippen LogP contribution in [0.2, 0.25) is 0 Å². The number of pyridine rings is 2. The first-order chi connectivity index (χ1) is 10.9. The highest BCUT2D eigenvalue weighted by Crippen LogP contribution is 2.40. The van der Waals surface area contributed by atoms with Gasteiger partial charge in [-0.1, -0.05) is 6.07 Å². The van der Waals surface area contributed by atoms with Crippen molar-refractivity contribution in [2.45, 2.75) is 38.9 Å². The van der Waals surface area contributed by atoms with Gasteiger partial charge < -0.3 is 4.90 Å². The van der Waals surface area contributed by atoms with E-state index in [1.54, 1.807) is 13.1 Å². The fourth-order valence-corrected chi connectivity index (χ4v) is 3.20. The van der Waals surface area contributed by atoms with Gasteiger partial charge in [0, 0.05) is 24.0 Å². The molecule has 3 nitrogen and oxygen atoms in total. The molecule has 3 rings (SSSR count). The minimum atomic E-state index is -4.37. The number of halogens is 3. The van der Waals surface area contributed by atoms with Crippen LogP contribution in [0, 0.1) is 13.8 Å². The minimum Gasteiger partial charge on any atom is -0.348 e. The number of aromatic nitrogens is 2. The standard InChI is InChI=1S/C17H18F3N3/c1-11-10-13(17(18,19)20)12(2)16(22-11)23-9-5-7-15(23)14-6-3-4-8-21-14/h3-4,6,8,10,15H,5,7,9H2,1-2H3. The van der Waals surface area contributed by atoms with Gasteiger partial charge in [0.1, 0.15) is 5.82 Å². The Bertz CT molecular complexity index is 698. The van der Waals surface area contributed by atoms with Crippen LogP contribution in [0.1, 0.15) is 41.4 Å². The lowest BCUT2D eigenvalue weighted by atomic mass is 10.1. The molecule has 6 heteroatoms. The van der Waals surface area contributed by atoms with Crippen molar-refractivity contribution in [2.24, 2.45) is 0 Å². The van der Waals surface area contributed by atoms with E-state index in [9.17, 15) is 13.2 Å². The summed E-state index contributed by atoms with van der Waals surface area (Å²) >= 11 is 0. The summed E-state index contributed by atoms with van der Waals surface area (Å²) in [6.07, 6.45) is -0.874. The van der Waals surface area contributed by atoms with E-state index >= 15 is 0 Å². The van der Waals surface area contributed by atoms with Gasteiger partial charge >= 0.3 is 6.18 Å². The Hall–Kier alpha value is -2.11. The fraction of sp³-hybridized carbons (Fsp3) is 0.412. The molecule has 1 fully saturated rings. The molecule has 0 aliphatic carbocycles. The Kier molecular flexibility index (Phi) is 4.00. The van der Waals surface area contributed by atoms with Crippen LogP contribution in [0.25, 0.3) is 0 Å². The Morgan fingerprint density at radius 1 is 1.22 bits per heavy atom. The van der Waals surface area contributed by atoms with Crippen molar-refractivity contribution < 1.29 is 13.2 Å². The molecule has 0 bridgehead atoms. The third-order valence-corrected chi connectivity index (χ3v) is 4.23. The average molecular weight is 321 g/mol. The van der Waals surface area contributed by atoms with Crippen LogP contribution in [0.3, 0.4) is 0 Å². The maximum absolute atomic E-state index is 13.3. The van der Waals surface area contributed by atoms with Crippen LogP contribution in [-0.4, -0.2) is 16.5 Å². The molecule has 0 amide bonds. The number of alkyl halides is 3. The van der Waals surface area contributed by atoms with E-state index in [1.165, 1.54) is 6.92 Å². The van der Waals surface area contributed by atoms with Gasteiger partial charge in [-0.05, 0) is 44.9 Å². The van der Waals surface area contributed by atoms with Crippen LogP contribution in [-0.2, 0) is 6.18 Å². The molecule has 2 aromatic rings. The predicted octanol–water partition coefficient (Wildman–Crippen LogP) is 4.45. The molecule has 1 saturated heterocycles. The van der Waals surface area contributed by atoms with Crippen molar-refractivity contribution in [3.63, 3.8) is 0 Å². The number of nitrogens with zero attached hydrogens (tertiary/aromatic N) is 3. The maximum atomic E-state index is 13.3. The van der Waals surface area contributed by atoms with Gasteiger partial charge in [-0.15, -0.1) is 0 Å². The summed E-state index contributed by atoms with van der Waals surface area (Å²) in [6, 6.07) is 6.74. The van der Waals surface area contributed by atoms with Gasteiger partial charge in [-0.3, -0.25) is 4.98 Å². The van der Waals surface area contributed by atoms with Gasteiger partial charge in [0.05, 0.1) is 17.3 Å². The second-order valence-electron chi connectivity index (χ2n) is 5.86. The first-order valence-corrected chi connectivity index (χ1v) is 7.61. The zero-order valence-electron chi connectivity index (χ0n) is 13.1. The molecular weight excluding hydrogens is 303 g/mol. The molecule has 2 aromatic heterocycles. The molecule has 1 atom stereocenters. The Morgan fingerprint density at radius 2 is 2.00 bits per heavy atom. The van der Waals surface area contributed by atoms with Gasteiger partial charge in [0.2, 0.25) is 0 Å². The summed E-state index contributed by atoms with van der Waals surface area (Å²) in [7, 11) is 0. The van der Waals surface area contributed by atoms with Gasteiger partial charge in [-0.2, -0.15) is 13.2 Å². The average Bonchev–Trinajstić information content (AvgIpc) is 2.98.